The van der Waals surface area contributed by atoms with Crippen LogP contribution < -0.4 is 15.7 Å². The molecule has 0 radical (unpaired) electrons. The predicted octanol–water partition coefficient (Wildman–Crippen LogP) is 7.95. The second kappa shape index (κ2) is 8.59. The molecule has 34 heavy (non-hydrogen) atoms. The van der Waals surface area contributed by atoms with Gasteiger partial charge < -0.3 is 5.32 Å². The summed E-state index contributed by atoms with van der Waals surface area (Å²) in [6.45, 7) is 4.96. The molecule has 2 heteroatoms. The topological polar surface area (TPSA) is 12.0 Å². The Kier molecular flexibility index (Phi) is 5.42. The molecule has 6 rings (SSSR count). The van der Waals surface area contributed by atoms with Crippen molar-refractivity contribution in [1.82, 2.24) is 0 Å². The van der Waals surface area contributed by atoms with Gasteiger partial charge in [0.15, 0.2) is 0 Å². The summed E-state index contributed by atoms with van der Waals surface area (Å²) in [5.41, 5.74) is 9.27. The Bertz CT molecular complexity index is 1310. The van der Waals surface area contributed by atoms with Gasteiger partial charge in [-0.15, -0.1) is 0 Å². The predicted molar refractivity (Wildman–Crippen MR) is 150 cm³/mol. The van der Waals surface area contributed by atoms with Gasteiger partial charge in [0.25, 0.3) is 0 Å². The van der Waals surface area contributed by atoms with Gasteiger partial charge in [0.2, 0.25) is 0 Å². The highest BCUT2D eigenvalue weighted by Crippen LogP contribution is 2.34. The first-order valence-electron chi connectivity index (χ1n) is 12.8. The number of anilines is 2. The number of rotatable bonds is 4. The van der Waals surface area contributed by atoms with Crippen LogP contribution in [0.3, 0.4) is 0 Å². The average molecular weight is 460 g/mol. The van der Waals surface area contributed by atoms with E-state index in [-0.39, 0.29) is 0 Å². The first kappa shape index (κ1) is 21.4. The standard InChI is InChI=1S/C32H33NSi/c1-34(2)31-11-7-6-10-29(31)30-21-16-26(22-32(30)34)25-14-19-28(20-15-25)33-27-17-12-24(13-18-27)23-8-4-3-5-9-23/h6-7,10-23,33H,3-5,8-9H2,1-2H3. The van der Waals surface area contributed by atoms with E-state index in [9.17, 15) is 0 Å². The highest BCUT2D eigenvalue weighted by molar-refractivity contribution is 7.03. The summed E-state index contributed by atoms with van der Waals surface area (Å²) in [7, 11) is -1.64. The number of benzene rings is 4. The molecule has 1 nitrogen and oxygen atoms in total. The molecule has 0 bridgehead atoms. The van der Waals surface area contributed by atoms with Crippen LogP contribution in [0.15, 0.2) is 91.0 Å². The molecule has 1 N–H and O–H groups in total. The number of fused-ring (bicyclic) bond motifs is 3. The van der Waals surface area contributed by atoms with E-state index in [0.717, 1.165) is 17.3 Å². The Morgan fingerprint density at radius 1 is 0.618 bits per heavy atom. The van der Waals surface area contributed by atoms with Gasteiger partial charge in [-0.1, -0.05) is 99.1 Å². The van der Waals surface area contributed by atoms with Crippen molar-refractivity contribution >= 4 is 29.8 Å². The molecule has 0 atom stereocenters. The van der Waals surface area contributed by atoms with Crippen molar-refractivity contribution in [3.05, 3.63) is 96.6 Å². The number of hydrogen-bond acceptors (Lipinski definition) is 1. The number of hydrogen-bond donors (Lipinski definition) is 1. The van der Waals surface area contributed by atoms with Gasteiger partial charge in [-0.3, -0.25) is 0 Å². The quantitative estimate of drug-likeness (QED) is 0.305. The molecule has 1 aliphatic carbocycles. The third-order valence-electron chi connectivity index (χ3n) is 8.08. The minimum atomic E-state index is -1.64. The Balaban J connectivity index is 1.20. The smallest absolute Gasteiger partial charge is 0.113 e. The lowest BCUT2D eigenvalue weighted by molar-refractivity contribution is 0.443. The fourth-order valence-electron chi connectivity index (χ4n) is 6.07. The Morgan fingerprint density at radius 2 is 1.24 bits per heavy atom. The van der Waals surface area contributed by atoms with Crippen molar-refractivity contribution in [2.24, 2.45) is 0 Å². The molecule has 0 aromatic heterocycles. The molecule has 1 aliphatic heterocycles. The van der Waals surface area contributed by atoms with E-state index in [1.807, 2.05) is 0 Å². The lowest BCUT2D eigenvalue weighted by atomic mass is 9.84. The molecule has 1 heterocycles. The van der Waals surface area contributed by atoms with Crippen molar-refractivity contribution in [2.45, 2.75) is 51.1 Å². The third-order valence-corrected chi connectivity index (χ3v) is 11.6. The molecule has 170 valence electrons. The summed E-state index contributed by atoms with van der Waals surface area (Å²) in [6.07, 6.45) is 6.87. The maximum Gasteiger partial charge on any atom is 0.113 e. The molecule has 4 aromatic carbocycles. The lowest BCUT2D eigenvalue weighted by Crippen LogP contribution is -2.49. The normalized spacial score (nSPS) is 16.6. The van der Waals surface area contributed by atoms with Crippen LogP contribution in [0.5, 0.6) is 0 Å². The molecule has 1 fully saturated rings. The van der Waals surface area contributed by atoms with E-state index in [1.54, 1.807) is 10.4 Å². The Hall–Kier alpha value is -3.10. The maximum absolute atomic E-state index is 3.59. The Morgan fingerprint density at radius 3 is 1.97 bits per heavy atom. The largest absolute Gasteiger partial charge is 0.356 e. The van der Waals surface area contributed by atoms with Gasteiger partial charge in [0.05, 0.1) is 0 Å². The molecule has 0 saturated heterocycles. The van der Waals surface area contributed by atoms with Crippen LogP contribution in [0.25, 0.3) is 22.3 Å². The summed E-state index contributed by atoms with van der Waals surface area (Å²) in [5.74, 6) is 0.759. The zero-order chi connectivity index (χ0) is 23.1. The lowest BCUT2D eigenvalue weighted by Gasteiger charge is -2.22. The zero-order valence-electron chi connectivity index (χ0n) is 20.3. The highest BCUT2D eigenvalue weighted by Gasteiger charge is 2.37. The zero-order valence-corrected chi connectivity index (χ0v) is 21.3. The fraction of sp³-hybridized carbons (Fsp3) is 0.250. The van der Waals surface area contributed by atoms with Gasteiger partial charge >= 0.3 is 0 Å². The molecule has 4 aromatic rings. The van der Waals surface area contributed by atoms with Gasteiger partial charge in [-0.05, 0) is 81.2 Å². The van der Waals surface area contributed by atoms with Crippen LogP contribution >= 0.6 is 0 Å². The minimum Gasteiger partial charge on any atom is -0.356 e. The van der Waals surface area contributed by atoms with E-state index < -0.39 is 8.07 Å². The highest BCUT2D eigenvalue weighted by atomic mass is 28.3. The van der Waals surface area contributed by atoms with Gasteiger partial charge in [-0.2, -0.15) is 0 Å². The van der Waals surface area contributed by atoms with E-state index in [4.69, 9.17) is 0 Å². The van der Waals surface area contributed by atoms with Crippen molar-refractivity contribution in [3.63, 3.8) is 0 Å². The average Bonchev–Trinajstić information content (AvgIpc) is 3.12. The second-order valence-electron chi connectivity index (χ2n) is 10.6. The Labute approximate surface area is 204 Å². The van der Waals surface area contributed by atoms with Crippen LogP contribution in [-0.2, 0) is 0 Å². The number of nitrogens with one attached hydrogen (secondary N) is 1. The second-order valence-corrected chi connectivity index (χ2v) is 14.9. The van der Waals surface area contributed by atoms with Crippen molar-refractivity contribution in [2.75, 3.05) is 5.32 Å². The van der Waals surface area contributed by atoms with Gasteiger partial charge in [0, 0.05) is 11.4 Å². The molecule has 2 aliphatic rings. The maximum atomic E-state index is 3.59. The van der Waals surface area contributed by atoms with Crippen LogP contribution in [0, 0.1) is 0 Å². The van der Waals surface area contributed by atoms with Crippen LogP contribution in [0.4, 0.5) is 11.4 Å². The summed E-state index contributed by atoms with van der Waals surface area (Å²) in [5, 5.41) is 6.71. The minimum absolute atomic E-state index is 0.759. The summed E-state index contributed by atoms with van der Waals surface area (Å²) in [6, 6.07) is 34.1. The van der Waals surface area contributed by atoms with Crippen LogP contribution in [0.2, 0.25) is 13.1 Å². The van der Waals surface area contributed by atoms with Crippen molar-refractivity contribution in [1.29, 1.82) is 0 Å². The summed E-state index contributed by atoms with van der Waals surface area (Å²) >= 11 is 0. The van der Waals surface area contributed by atoms with Crippen molar-refractivity contribution in [3.8, 4) is 22.3 Å². The molecular formula is C32H33NSi. The fourth-order valence-corrected chi connectivity index (χ4v) is 9.17. The van der Waals surface area contributed by atoms with E-state index in [1.165, 1.54) is 59.9 Å². The van der Waals surface area contributed by atoms with Crippen molar-refractivity contribution < 1.29 is 0 Å². The first-order chi connectivity index (χ1) is 16.6. The molecular weight excluding hydrogens is 426 g/mol. The third kappa shape index (κ3) is 3.80. The van der Waals surface area contributed by atoms with Gasteiger partial charge in [0.1, 0.15) is 8.07 Å². The van der Waals surface area contributed by atoms with Gasteiger partial charge in [-0.25, -0.2) is 0 Å². The molecule has 1 saturated carbocycles. The molecule has 0 unspecified atom stereocenters. The summed E-state index contributed by atoms with van der Waals surface area (Å²) < 4.78 is 0. The van der Waals surface area contributed by atoms with E-state index in [2.05, 4.69) is 109 Å². The van der Waals surface area contributed by atoms with Crippen LogP contribution in [0.1, 0.15) is 43.6 Å². The summed E-state index contributed by atoms with van der Waals surface area (Å²) in [4.78, 5) is 0. The van der Waals surface area contributed by atoms with Crippen LogP contribution in [-0.4, -0.2) is 8.07 Å². The molecule has 0 amide bonds. The molecule has 0 spiro atoms. The van der Waals surface area contributed by atoms with E-state index in [0.29, 0.717) is 0 Å². The SMILES string of the molecule is C[Si]1(C)c2ccccc2-c2ccc(-c3ccc(Nc4ccc(C5CCCCC5)cc4)cc3)cc21. The van der Waals surface area contributed by atoms with E-state index >= 15 is 0 Å². The monoisotopic (exact) mass is 459 g/mol. The first-order valence-corrected chi connectivity index (χ1v) is 15.8.